The van der Waals surface area contributed by atoms with E-state index in [4.69, 9.17) is 0 Å². The number of aryl methyl sites for hydroxylation is 1. The molecule has 116 valence electrons. The van der Waals surface area contributed by atoms with Gasteiger partial charge in [-0.25, -0.2) is 0 Å². The van der Waals surface area contributed by atoms with Gasteiger partial charge in [-0.15, -0.1) is 0 Å². The first-order chi connectivity index (χ1) is 11.1. The molecule has 3 nitrogen and oxygen atoms in total. The summed E-state index contributed by atoms with van der Waals surface area (Å²) in [4.78, 5) is 12.4. The Morgan fingerprint density at radius 2 is 1.61 bits per heavy atom. The van der Waals surface area contributed by atoms with Crippen molar-refractivity contribution in [1.29, 1.82) is 0 Å². The molecule has 23 heavy (non-hydrogen) atoms. The average Bonchev–Trinajstić information content (AvgIpc) is 2.57. The summed E-state index contributed by atoms with van der Waals surface area (Å²) in [7, 11) is 0. The number of hydrogen-bond donors (Lipinski definition) is 2. The van der Waals surface area contributed by atoms with Crippen LogP contribution in [0.3, 0.4) is 0 Å². The Morgan fingerprint density at radius 1 is 0.913 bits per heavy atom. The third-order valence-electron chi connectivity index (χ3n) is 3.87. The number of rotatable bonds is 4. The molecule has 3 aromatic rings. The van der Waals surface area contributed by atoms with Crippen molar-refractivity contribution in [2.45, 2.75) is 19.9 Å². The van der Waals surface area contributed by atoms with E-state index in [-0.39, 0.29) is 11.9 Å². The molecule has 3 rings (SSSR count). The van der Waals surface area contributed by atoms with Crippen LogP contribution in [0.4, 0.5) is 11.4 Å². The molecule has 0 bridgehead atoms. The van der Waals surface area contributed by atoms with E-state index in [0.29, 0.717) is 0 Å². The second-order valence-corrected chi connectivity index (χ2v) is 5.75. The maximum absolute atomic E-state index is 12.4. The predicted molar refractivity (Wildman–Crippen MR) is 96.8 cm³/mol. The number of carbonyl (C=O) groups excluding carboxylic acids is 1. The minimum atomic E-state index is -0.331. The molecule has 1 atom stereocenters. The Balaban J connectivity index is 1.73. The number of amides is 1. The van der Waals surface area contributed by atoms with Gasteiger partial charge in [0.05, 0.1) is 0 Å². The fourth-order valence-corrected chi connectivity index (χ4v) is 2.54. The van der Waals surface area contributed by atoms with Crippen LogP contribution in [0.25, 0.3) is 10.8 Å². The zero-order valence-corrected chi connectivity index (χ0v) is 13.3. The molecule has 0 heterocycles. The van der Waals surface area contributed by atoms with Crippen molar-refractivity contribution in [3.63, 3.8) is 0 Å². The Morgan fingerprint density at radius 3 is 2.39 bits per heavy atom. The third kappa shape index (κ3) is 3.51. The van der Waals surface area contributed by atoms with Gasteiger partial charge < -0.3 is 10.6 Å². The van der Waals surface area contributed by atoms with Gasteiger partial charge in [-0.3, -0.25) is 4.79 Å². The van der Waals surface area contributed by atoms with Gasteiger partial charge in [0.15, 0.2) is 0 Å². The Bertz CT molecular complexity index is 819. The number of nitrogens with one attached hydrogen (secondary N) is 2. The molecule has 0 aromatic heterocycles. The highest BCUT2D eigenvalue weighted by atomic mass is 16.2. The van der Waals surface area contributed by atoms with Crippen LogP contribution in [-0.2, 0) is 4.79 Å². The number of fused-ring (bicyclic) bond motifs is 1. The Labute approximate surface area is 136 Å². The molecule has 3 aromatic carbocycles. The van der Waals surface area contributed by atoms with Crippen LogP contribution >= 0.6 is 0 Å². The molecule has 0 unspecified atom stereocenters. The van der Waals surface area contributed by atoms with Crippen LogP contribution in [0.2, 0.25) is 0 Å². The van der Waals surface area contributed by atoms with E-state index in [9.17, 15) is 4.79 Å². The van der Waals surface area contributed by atoms with E-state index < -0.39 is 0 Å². The Hall–Kier alpha value is -2.81. The second-order valence-electron chi connectivity index (χ2n) is 5.75. The van der Waals surface area contributed by atoms with Gasteiger partial charge in [-0.2, -0.15) is 0 Å². The normalized spacial score (nSPS) is 11.9. The summed E-state index contributed by atoms with van der Waals surface area (Å²) in [5.41, 5.74) is 2.95. The molecule has 1 amide bonds. The van der Waals surface area contributed by atoms with E-state index in [2.05, 4.69) is 28.8 Å². The minimum Gasteiger partial charge on any atom is -0.373 e. The largest absolute Gasteiger partial charge is 0.373 e. The lowest BCUT2D eigenvalue weighted by Crippen LogP contribution is -2.31. The van der Waals surface area contributed by atoms with Gasteiger partial charge in [0.25, 0.3) is 0 Å². The van der Waals surface area contributed by atoms with Crippen molar-refractivity contribution in [1.82, 2.24) is 0 Å². The van der Waals surface area contributed by atoms with E-state index in [1.165, 1.54) is 5.56 Å². The van der Waals surface area contributed by atoms with Crippen molar-refractivity contribution < 1.29 is 4.79 Å². The van der Waals surface area contributed by atoms with Crippen LogP contribution in [0.5, 0.6) is 0 Å². The van der Waals surface area contributed by atoms with Gasteiger partial charge >= 0.3 is 0 Å². The zero-order valence-electron chi connectivity index (χ0n) is 13.3. The number of carbonyl (C=O) groups is 1. The van der Waals surface area contributed by atoms with Crippen LogP contribution in [0.1, 0.15) is 12.5 Å². The second kappa shape index (κ2) is 6.53. The lowest BCUT2D eigenvalue weighted by molar-refractivity contribution is -0.116. The molecule has 0 aliphatic heterocycles. The highest BCUT2D eigenvalue weighted by Gasteiger charge is 2.13. The van der Waals surface area contributed by atoms with Crippen molar-refractivity contribution in [3.8, 4) is 0 Å². The average molecular weight is 304 g/mol. The van der Waals surface area contributed by atoms with Crippen LogP contribution in [0.15, 0.2) is 66.7 Å². The van der Waals surface area contributed by atoms with Crippen LogP contribution < -0.4 is 10.6 Å². The lowest BCUT2D eigenvalue weighted by atomic mass is 10.1. The van der Waals surface area contributed by atoms with E-state index >= 15 is 0 Å². The summed E-state index contributed by atoms with van der Waals surface area (Å²) < 4.78 is 0. The molecule has 0 saturated carbocycles. The summed E-state index contributed by atoms with van der Waals surface area (Å²) in [6.07, 6.45) is 0. The van der Waals surface area contributed by atoms with Gasteiger partial charge in [-0.05, 0) is 37.4 Å². The van der Waals surface area contributed by atoms with Gasteiger partial charge in [-0.1, -0.05) is 54.1 Å². The maximum atomic E-state index is 12.4. The van der Waals surface area contributed by atoms with Crippen LogP contribution in [-0.4, -0.2) is 11.9 Å². The molecular formula is C20H20N2O. The number of anilines is 2. The molecule has 3 heteroatoms. The van der Waals surface area contributed by atoms with Crippen molar-refractivity contribution in [2.24, 2.45) is 0 Å². The van der Waals surface area contributed by atoms with E-state index in [0.717, 1.165) is 22.1 Å². The van der Waals surface area contributed by atoms with Gasteiger partial charge in [0, 0.05) is 16.8 Å². The quantitative estimate of drug-likeness (QED) is 0.740. The van der Waals surface area contributed by atoms with E-state index in [1.807, 2.05) is 62.4 Å². The molecule has 0 aliphatic carbocycles. The zero-order chi connectivity index (χ0) is 16.2. The van der Waals surface area contributed by atoms with Crippen molar-refractivity contribution in [3.05, 3.63) is 72.3 Å². The van der Waals surface area contributed by atoms with E-state index in [1.54, 1.807) is 0 Å². The highest BCUT2D eigenvalue weighted by molar-refractivity contribution is 5.99. The Kier molecular flexibility index (Phi) is 4.29. The molecular weight excluding hydrogens is 284 g/mol. The van der Waals surface area contributed by atoms with Gasteiger partial charge in [0.1, 0.15) is 6.04 Å². The number of benzene rings is 3. The minimum absolute atomic E-state index is 0.0539. The fourth-order valence-electron chi connectivity index (χ4n) is 2.54. The molecule has 0 radical (unpaired) electrons. The SMILES string of the molecule is Cc1ccc(NC(=O)[C@H](C)Nc2cccc3ccccc23)cc1. The summed E-state index contributed by atoms with van der Waals surface area (Å²) in [5, 5.41) is 8.51. The standard InChI is InChI=1S/C20H20N2O/c1-14-10-12-17(13-11-14)22-20(23)15(2)21-19-9-5-7-16-6-3-4-8-18(16)19/h3-13,15,21H,1-2H3,(H,22,23)/t15-/m0/s1. The summed E-state index contributed by atoms with van der Waals surface area (Å²) in [6, 6.07) is 21.7. The molecule has 0 aliphatic rings. The summed E-state index contributed by atoms with van der Waals surface area (Å²) in [6.45, 7) is 3.89. The van der Waals surface area contributed by atoms with Crippen LogP contribution in [0, 0.1) is 6.92 Å². The third-order valence-corrected chi connectivity index (χ3v) is 3.87. The highest BCUT2D eigenvalue weighted by Crippen LogP contribution is 2.23. The summed E-state index contributed by atoms with van der Waals surface area (Å²) in [5.74, 6) is -0.0539. The molecule has 0 fully saturated rings. The molecule has 2 N–H and O–H groups in total. The fraction of sp³-hybridized carbons (Fsp3) is 0.150. The first-order valence-corrected chi connectivity index (χ1v) is 7.75. The maximum Gasteiger partial charge on any atom is 0.246 e. The first kappa shape index (κ1) is 15.1. The topological polar surface area (TPSA) is 41.1 Å². The first-order valence-electron chi connectivity index (χ1n) is 7.75. The molecule has 0 spiro atoms. The van der Waals surface area contributed by atoms with Crippen molar-refractivity contribution >= 4 is 28.1 Å². The smallest absolute Gasteiger partial charge is 0.246 e. The van der Waals surface area contributed by atoms with Gasteiger partial charge in [0.2, 0.25) is 5.91 Å². The monoisotopic (exact) mass is 304 g/mol. The molecule has 0 saturated heterocycles. The predicted octanol–water partition coefficient (Wildman–Crippen LogP) is 4.59. The number of hydrogen-bond acceptors (Lipinski definition) is 2. The lowest BCUT2D eigenvalue weighted by Gasteiger charge is -2.17. The summed E-state index contributed by atoms with van der Waals surface area (Å²) >= 11 is 0. The van der Waals surface area contributed by atoms with Crippen molar-refractivity contribution in [2.75, 3.05) is 10.6 Å².